The molecule has 0 bridgehead atoms. The van der Waals surface area contributed by atoms with Crippen molar-refractivity contribution in [3.8, 4) is 0 Å². The van der Waals surface area contributed by atoms with Crippen LogP contribution in [-0.2, 0) is 20.6 Å². The Bertz CT molecular complexity index is 1040. The molecule has 0 saturated carbocycles. The fourth-order valence-corrected chi connectivity index (χ4v) is 8.58. The van der Waals surface area contributed by atoms with Crippen LogP contribution in [0, 0.1) is 0 Å². The van der Waals surface area contributed by atoms with E-state index in [1.165, 1.54) is 17.4 Å². The number of carbonyl (C=O) groups excluding carboxylic acids is 2. The van der Waals surface area contributed by atoms with Crippen molar-refractivity contribution >= 4 is 36.4 Å². The van der Waals surface area contributed by atoms with Crippen LogP contribution in [-0.4, -0.2) is 34.0 Å². The zero-order valence-corrected chi connectivity index (χ0v) is 21.1. The van der Waals surface area contributed by atoms with Crippen LogP contribution in [0.15, 0.2) is 84.9 Å². The zero-order valence-electron chi connectivity index (χ0n) is 20.1. The van der Waals surface area contributed by atoms with E-state index < -0.39 is 20.3 Å². The van der Waals surface area contributed by atoms with E-state index in [0.29, 0.717) is 12.3 Å². The molecule has 0 aromatic heterocycles. The third kappa shape index (κ3) is 5.92. The van der Waals surface area contributed by atoms with Gasteiger partial charge in [0.25, 0.3) is 14.2 Å². The number of hydrogen-bond donors (Lipinski definition) is 2. The molecular weight excluding hydrogens is 444 g/mol. The second-order valence-corrected chi connectivity index (χ2v) is 13.3. The minimum atomic E-state index is -2.62. The van der Waals surface area contributed by atoms with Crippen LogP contribution in [0.25, 0.3) is 0 Å². The third-order valence-electron chi connectivity index (χ3n) is 5.65. The average Bonchev–Trinajstić information content (AvgIpc) is 2.84. The molecule has 3 aromatic rings. The summed E-state index contributed by atoms with van der Waals surface area (Å²) in [6, 6.07) is 28.5. The number of anilines is 1. The summed E-state index contributed by atoms with van der Waals surface area (Å²) < 4.78 is 11.7. The molecule has 0 radical (unpaired) electrons. The molecule has 0 aliphatic heterocycles. The number of nitrogens with one attached hydrogen (secondary N) is 2. The van der Waals surface area contributed by atoms with E-state index >= 15 is 0 Å². The van der Waals surface area contributed by atoms with E-state index in [-0.39, 0.29) is 11.6 Å². The number of amides is 2. The van der Waals surface area contributed by atoms with E-state index in [9.17, 15) is 9.59 Å². The molecule has 2 amide bonds. The molecule has 0 unspecified atom stereocenters. The quantitative estimate of drug-likeness (QED) is 0.481. The molecule has 0 atom stereocenters. The monoisotopic (exact) mass is 476 g/mol. The summed E-state index contributed by atoms with van der Waals surface area (Å²) >= 11 is 0. The molecule has 2 N–H and O–H groups in total. The lowest BCUT2D eigenvalue weighted by Crippen LogP contribution is -2.66. The lowest BCUT2D eigenvalue weighted by atomic mass is 10.2. The van der Waals surface area contributed by atoms with Crippen molar-refractivity contribution in [2.24, 2.45) is 0 Å². The summed E-state index contributed by atoms with van der Waals surface area (Å²) in [7, 11) is -1.18. The van der Waals surface area contributed by atoms with Crippen molar-refractivity contribution in [3.05, 3.63) is 90.5 Å². The SMILES string of the molecule is CNC(=O)OCC(=O)Nc1ccc(CO[Si](c2ccccc2)(c2ccccc2)C(C)(C)C)cc1. The van der Waals surface area contributed by atoms with E-state index in [1.54, 1.807) is 0 Å². The first kappa shape index (κ1) is 25.2. The van der Waals surface area contributed by atoms with Crippen molar-refractivity contribution in [1.82, 2.24) is 5.32 Å². The van der Waals surface area contributed by atoms with Crippen molar-refractivity contribution < 1.29 is 18.8 Å². The Hall–Kier alpha value is -3.42. The Labute approximate surface area is 202 Å². The van der Waals surface area contributed by atoms with Crippen LogP contribution >= 0.6 is 0 Å². The topological polar surface area (TPSA) is 76.7 Å². The molecule has 0 spiro atoms. The average molecular weight is 477 g/mol. The number of ether oxygens (including phenoxy) is 1. The molecule has 0 heterocycles. The molecule has 3 aromatic carbocycles. The van der Waals surface area contributed by atoms with E-state index in [2.05, 4.69) is 79.9 Å². The van der Waals surface area contributed by atoms with Gasteiger partial charge < -0.3 is 19.8 Å². The van der Waals surface area contributed by atoms with Crippen LogP contribution in [0.5, 0.6) is 0 Å². The van der Waals surface area contributed by atoms with E-state index in [1.807, 2.05) is 36.4 Å². The Morgan fingerprint density at radius 1 is 0.824 bits per heavy atom. The molecular formula is C27H32N2O4Si. The Balaban J connectivity index is 1.80. The van der Waals surface area contributed by atoms with Gasteiger partial charge >= 0.3 is 6.09 Å². The Kier molecular flexibility index (Phi) is 8.25. The first-order valence-corrected chi connectivity index (χ1v) is 13.2. The van der Waals surface area contributed by atoms with Gasteiger partial charge in [-0.25, -0.2) is 4.79 Å². The third-order valence-corrected chi connectivity index (χ3v) is 10.6. The summed E-state index contributed by atoms with van der Waals surface area (Å²) in [6.45, 7) is 6.84. The molecule has 0 aliphatic rings. The van der Waals surface area contributed by atoms with Gasteiger partial charge in [0.2, 0.25) is 0 Å². The van der Waals surface area contributed by atoms with Crippen LogP contribution in [0.1, 0.15) is 26.3 Å². The van der Waals surface area contributed by atoms with Gasteiger partial charge in [0.15, 0.2) is 6.61 Å². The van der Waals surface area contributed by atoms with Crippen LogP contribution in [0.4, 0.5) is 10.5 Å². The molecule has 6 nitrogen and oxygen atoms in total. The first-order valence-electron chi connectivity index (χ1n) is 11.2. The van der Waals surface area contributed by atoms with Gasteiger partial charge in [-0.3, -0.25) is 4.79 Å². The predicted molar refractivity (Wildman–Crippen MR) is 138 cm³/mol. The first-order chi connectivity index (χ1) is 16.3. The number of benzene rings is 3. The van der Waals surface area contributed by atoms with Crippen molar-refractivity contribution in [2.45, 2.75) is 32.4 Å². The number of carbonyl (C=O) groups is 2. The van der Waals surface area contributed by atoms with Crippen LogP contribution < -0.4 is 21.0 Å². The summed E-state index contributed by atoms with van der Waals surface area (Å²) in [5.41, 5.74) is 1.63. The van der Waals surface area contributed by atoms with Gasteiger partial charge in [-0.05, 0) is 33.1 Å². The smallest absolute Gasteiger partial charge is 0.407 e. The predicted octanol–water partition coefficient (Wildman–Crippen LogP) is 4.06. The summed E-state index contributed by atoms with van der Waals surface area (Å²) in [6.07, 6.45) is -0.647. The van der Waals surface area contributed by atoms with Gasteiger partial charge in [-0.1, -0.05) is 93.6 Å². The Morgan fingerprint density at radius 2 is 1.35 bits per heavy atom. The van der Waals surface area contributed by atoms with Crippen molar-refractivity contribution in [1.29, 1.82) is 0 Å². The van der Waals surface area contributed by atoms with E-state index in [0.717, 1.165) is 5.56 Å². The molecule has 0 saturated heterocycles. The van der Waals surface area contributed by atoms with Gasteiger partial charge in [0.1, 0.15) is 0 Å². The minimum absolute atomic E-state index is 0.103. The maximum atomic E-state index is 12.0. The molecule has 3 rings (SSSR count). The highest BCUT2D eigenvalue weighted by atomic mass is 28.4. The van der Waals surface area contributed by atoms with Crippen LogP contribution in [0.2, 0.25) is 5.04 Å². The molecule has 0 fully saturated rings. The molecule has 178 valence electrons. The lowest BCUT2D eigenvalue weighted by molar-refractivity contribution is -0.118. The Morgan fingerprint density at radius 3 is 1.82 bits per heavy atom. The maximum absolute atomic E-state index is 12.0. The minimum Gasteiger partial charge on any atom is -0.439 e. The zero-order chi connectivity index (χ0) is 24.6. The number of hydrogen-bond acceptors (Lipinski definition) is 4. The normalized spacial score (nSPS) is 11.5. The fraction of sp³-hybridized carbons (Fsp3) is 0.259. The summed E-state index contributed by atoms with van der Waals surface area (Å²) in [5.74, 6) is -0.403. The summed E-state index contributed by atoms with van der Waals surface area (Å²) in [4.78, 5) is 23.1. The second-order valence-electron chi connectivity index (χ2n) is 9.02. The van der Waals surface area contributed by atoms with Gasteiger partial charge in [0.05, 0.1) is 6.61 Å². The second kappa shape index (κ2) is 11.1. The number of alkyl carbamates (subject to hydrolysis) is 1. The van der Waals surface area contributed by atoms with Gasteiger partial charge in [0, 0.05) is 12.7 Å². The standard InChI is InChI=1S/C27H32N2O4Si/c1-27(2,3)34(23-11-7-5-8-12-23,24-13-9-6-10-14-24)33-19-21-15-17-22(18-16-21)29-25(30)20-32-26(31)28-4/h5-18H,19-20H2,1-4H3,(H,28,31)(H,29,30). The largest absolute Gasteiger partial charge is 0.439 e. The highest BCUT2D eigenvalue weighted by molar-refractivity contribution is 6.99. The van der Waals surface area contributed by atoms with Crippen LogP contribution in [0.3, 0.4) is 0 Å². The highest BCUT2D eigenvalue weighted by Crippen LogP contribution is 2.37. The fourth-order valence-electron chi connectivity index (χ4n) is 4.04. The summed E-state index contributed by atoms with van der Waals surface area (Å²) in [5, 5.41) is 7.38. The maximum Gasteiger partial charge on any atom is 0.407 e. The molecule has 34 heavy (non-hydrogen) atoms. The lowest BCUT2D eigenvalue weighted by Gasteiger charge is -2.43. The van der Waals surface area contributed by atoms with E-state index in [4.69, 9.17) is 9.16 Å². The molecule has 0 aliphatic carbocycles. The van der Waals surface area contributed by atoms with Crippen molar-refractivity contribution in [3.63, 3.8) is 0 Å². The van der Waals surface area contributed by atoms with Crippen molar-refractivity contribution in [2.75, 3.05) is 19.0 Å². The van der Waals surface area contributed by atoms with Gasteiger partial charge in [-0.15, -0.1) is 0 Å². The number of rotatable bonds is 8. The molecule has 7 heteroatoms. The van der Waals surface area contributed by atoms with Gasteiger partial charge in [-0.2, -0.15) is 0 Å². The highest BCUT2D eigenvalue weighted by Gasteiger charge is 2.50.